The highest BCUT2D eigenvalue weighted by Crippen LogP contribution is 2.48. The van der Waals surface area contributed by atoms with Crippen LogP contribution in [0.5, 0.6) is 0 Å². The molecule has 2 aromatic heterocycles. The van der Waals surface area contributed by atoms with Crippen LogP contribution in [0.4, 0.5) is 0 Å². The molecule has 3 N–H and O–H groups in total. The third kappa shape index (κ3) is 2.37. The Kier molecular flexibility index (Phi) is 3.95. The van der Waals surface area contributed by atoms with E-state index in [2.05, 4.69) is 4.98 Å². The molecule has 10 heteroatoms. The second-order valence-electron chi connectivity index (χ2n) is 6.74. The second kappa shape index (κ2) is 5.98. The Bertz CT molecular complexity index is 1030. The van der Waals surface area contributed by atoms with Gasteiger partial charge in [-0.05, 0) is 20.3 Å². The molecule has 3 atom stereocenters. The van der Waals surface area contributed by atoms with Gasteiger partial charge in [0.25, 0.3) is 0 Å². The fourth-order valence-electron chi connectivity index (χ4n) is 3.91. The number of carbonyl (C=O) groups is 3. The Balaban J connectivity index is 1.82. The Morgan fingerprint density at radius 3 is 2.74 bits per heavy atom. The zero-order valence-corrected chi connectivity index (χ0v) is 15.4. The van der Waals surface area contributed by atoms with Crippen LogP contribution in [0.15, 0.2) is 11.9 Å². The first-order valence-corrected chi connectivity index (χ1v) is 9.18. The molecular weight excluding hydrogens is 374 g/mol. The Morgan fingerprint density at radius 2 is 2.15 bits per heavy atom. The molecule has 9 nitrogen and oxygen atoms in total. The number of ketones is 1. The minimum Gasteiger partial charge on any atom is -0.477 e. The van der Waals surface area contributed by atoms with Crippen molar-refractivity contribution in [1.29, 1.82) is 0 Å². The number of carbonyl (C=O) groups excluding carboxylic acids is 2. The highest BCUT2D eigenvalue weighted by molar-refractivity contribution is 7.18. The van der Waals surface area contributed by atoms with Crippen LogP contribution in [-0.4, -0.2) is 66.0 Å². The Labute approximate surface area is 157 Å². The van der Waals surface area contributed by atoms with Crippen molar-refractivity contribution >= 4 is 39.4 Å². The van der Waals surface area contributed by atoms with Crippen LogP contribution in [0.1, 0.15) is 34.5 Å². The van der Waals surface area contributed by atoms with Gasteiger partial charge in [-0.3, -0.25) is 14.0 Å². The molecule has 142 valence electrons. The van der Waals surface area contributed by atoms with Crippen molar-refractivity contribution in [3.63, 3.8) is 0 Å². The van der Waals surface area contributed by atoms with E-state index in [1.807, 2.05) is 0 Å². The van der Waals surface area contributed by atoms with Gasteiger partial charge in [0.1, 0.15) is 28.7 Å². The number of carboxylic acids is 1. The zero-order chi connectivity index (χ0) is 19.6. The number of Topliss-reactive ketones (excluding diaryl/α,β-unsaturated/α-hetero) is 1. The van der Waals surface area contributed by atoms with Crippen LogP contribution in [0.3, 0.4) is 0 Å². The molecule has 0 aromatic carbocycles. The molecule has 0 bridgehead atoms. The number of carboxylic acid groups (broad SMARTS) is 1. The maximum Gasteiger partial charge on any atom is 0.352 e. The predicted octanol–water partition coefficient (Wildman–Crippen LogP) is 0.286. The lowest BCUT2D eigenvalue weighted by Crippen LogP contribution is -2.61. The lowest BCUT2D eigenvalue weighted by molar-refractivity contribution is -0.161. The molecule has 0 radical (unpaired) electrons. The number of aliphatic hydroxyl groups is 2. The van der Waals surface area contributed by atoms with E-state index in [4.69, 9.17) is 5.11 Å². The molecule has 27 heavy (non-hydrogen) atoms. The molecule has 1 amide bonds. The van der Waals surface area contributed by atoms with Gasteiger partial charge in [-0.2, -0.15) is 0 Å². The number of β-lactam (4-membered cyclic amide) rings is 1. The summed E-state index contributed by atoms with van der Waals surface area (Å²) in [5.74, 6) is -2.18. The first kappa shape index (κ1) is 17.8. The molecule has 2 aliphatic heterocycles. The molecule has 0 saturated carbocycles. The molecule has 0 unspecified atom stereocenters. The molecule has 1 fully saturated rings. The number of hydrogen-bond acceptors (Lipinski definition) is 7. The normalized spacial score (nSPS) is 23.0. The van der Waals surface area contributed by atoms with E-state index in [-0.39, 0.29) is 23.3 Å². The van der Waals surface area contributed by atoms with Crippen molar-refractivity contribution in [2.45, 2.75) is 32.4 Å². The average Bonchev–Trinajstić information content (AvgIpc) is 3.25. The van der Waals surface area contributed by atoms with Gasteiger partial charge in [0.15, 0.2) is 0 Å². The molecule has 4 heterocycles. The van der Waals surface area contributed by atoms with Gasteiger partial charge in [-0.1, -0.05) is 0 Å². The van der Waals surface area contributed by atoms with E-state index in [0.29, 0.717) is 27.5 Å². The molecule has 0 spiro atoms. The summed E-state index contributed by atoms with van der Waals surface area (Å²) in [6.45, 7) is 2.57. The van der Waals surface area contributed by atoms with Gasteiger partial charge in [0, 0.05) is 11.8 Å². The highest BCUT2D eigenvalue weighted by atomic mass is 32.1. The van der Waals surface area contributed by atoms with Crippen LogP contribution in [-0.2, 0) is 9.59 Å². The maximum atomic E-state index is 12.3. The number of thiazole rings is 1. The van der Waals surface area contributed by atoms with Gasteiger partial charge in [-0.15, -0.1) is 11.3 Å². The summed E-state index contributed by atoms with van der Waals surface area (Å²) in [5.41, 5.74) is 0.564. The van der Waals surface area contributed by atoms with Crippen molar-refractivity contribution < 1.29 is 29.7 Å². The molecule has 4 rings (SSSR count). The molecule has 2 aromatic rings. The standard InChI is InChI=1S/C17H17N3O6S/c1-6(22)12-9-3-8(14(17(25)26)20(9)15(12)24)11-4-19-7(2)18-13(10(23)5-21)16(19)27-11/h4,6,9,12,21-22H,3,5H2,1-2H3,(H,25,26)/t6-,9-,12-/m1/s1. The van der Waals surface area contributed by atoms with Crippen molar-refractivity contribution in [1.82, 2.24) is 14.3 Å². The number of hydrogen-bond donors (Lipinski definition) is 3. The van der Waals surface area contributed by atoms with Crippen LogP contribution in [0.2, 0.25) is 0 Å². The van der Waals surface area contributed by atoms with Gasteiger partial charge < -0.3 is 20.2 Å². The number of imidazole rings is 1. The number of amides is 1. The number of aliphatic carboxylic acids is 1. The molecule has 1 saturated heterocycles. The maximum absolute atomic E-state index is 12.3. The third-order valence-electron chi connectivity index (χ3n) is 5.13. The highest BCUT2D eigenvalue weighted by Gasteiger charge is 2.57. The van der Waals surface area contributed by atoms with E-state index in [1.54, 1.807) is 17.5 Å². The number of aromatic nitrogens is 2. The summed E-state index contributed by atoms with van der Waals surface area (Å²) in [6, 6.07) is -0.377. The number of aryl methyl sites for hydroxylation is 1. The first-order chi connectivity index (χ1) is 12.8. The van der Waals surface area contributed by atoms with Crippen molar-refractivity contribution in [2.75, 3.05) is 6.61 Å². The quantitative estimate of drug-likeness (QED) is 0.493. The minimum atomic E-state index is -1.20. The third-order valence-corrected chi connectivity index (χ3v) is 6.29. The Morgan fingerprint density at radius 1 is 1.44 bits per heavy atom. The first-order valence-electron chi connectivity index (χ1n) is 8.36. The summed E-state index contributed by atoms with van der Waals surface area (Å²) in [6.07, 6.45) is 1.16. The zero-order valence-electron chi connectivity index (χ0n) is 14.5. The SMILES string of the molecule is Cc1nc(C(=O)CO)c2sc(C3=C(C(=O)O)N4C(=O)[C@H]([C@@H](C)O)[C@H]4C3)cn12. The van der Waals surface area contributed by atoms with Gasteiger partial charge in [-0.25, -0.2) is 9.78 Å². The average molecular weight is 391 g/mol. The number of nitrogens with zero attached hydrogens (tertiary/aromatic N) is 3. The van der Waals surface area contributed by atoms with Crippen molar-refractivity contribution in [3.8, 4) is 0 Å². The van der Waals surface area contributed by atoms with Crippen LogP contribution in [0, 0.1) is 12.8 Å². The minimum absolute atomic E-state index is 0.0768. The van der Waals surface area contributed by atoms with Gasteiger partial charge in [0.2, 0.25) is 11.7 Å². The topological polar surface area (TPSA) is 132 Å². The van der Waals surface area contributed by atoms with E-state index < -0.39 is 30.4 Å². The molecule has 0 aliphatic carbocycles. The largest absolute Gasteiger partial charge is 0.477 e. The van der Waals surface area contributed by atoms with Gasteiger partial charge >= 0.3 is 5.97 Å². The summed E-state index contributed by atoms with van der Waals surface area (Å²) in [7, 11) is 0. The summed E-state index contributed by atoms with van der Waals surface area (Å²) < 4.78 is 1.68. The second-order valence-corrected chi connectivity index (χ2v) is 7.77. The van der Waals surface area contributed by atoms with Crippen molar-refractivity contribution in [2.24, 2.45) is 5.92 Å². The monoisotopic (exact) mass is 391 g/mol. The van der Waals surface area contributed by atoms with Crippen molar-refractivity contribution in [3.05, 3.63) is 28.3 Å². The van der Waals surface area contributed by atoms with E-state index in [1.165, 1.54) is 23.2 Å². The lowest BCUT2D eigenvalue weighted by atomic mass is 9.83. The number of rotatable bonds is 5. The fraction of sp³-hybridized carbons (Fsp3) is 0.412. The molecular formula is C17H17N3O6S. The van der Waals surface area contributed by atoms with E-state index in [9.17, 15) is 24.6 Å². The molecule has 2 aliphatic rings. The summed E-state index contributed by atoms with van der Waals surface area (Å²) >= 11 is 1.20. The fourth-order valence-corrected chi connectivity index (χ4v) is 5.12. The van der Waals surface area contributed by atoms with Crippen LogP contribution >= 0.6 is 11.3 Å². The van der Waals surface area contributed by atoms with E-state index >= 15 is 0 Å². The Hall–Kier alpha value is -2.56. The van der Waals surface area contributed by atoms with Gasteiger partial charge in [0.05, 0.1) is 22.9 Å². The lowest BCUT2D eigenvalue weighted by Gasteiger charge is -2.44. The number of fused-ring (bicyclic) bond motifs is 2. The number of aliphatic hydroxyl groups excluding tert-OH is 2. The van der Waals surface area contributed by atoms with Crippen LogP contribution < -0.4 is 0 Å². The van der Waals surface area contributed by atoms with E-state index in [0.717, 1.165) is 0 Å². The van der Waals surface area contributed by atoms with Crippen LogP contribution in [0.25, 0.3) is 10.4 Å². The predicted molar refractivity (Wildman–Crippen MR) is 94.2 cm³/mol. The summed E-state index contributed by atoms with van der Waals surface area (Å²) in [4.78, 5) is 42.6. The summed E-state index contributed by atoms with van der Waals surface area (Å²) in [5, 5.41) is 28.6. The smallest absolute Gasteiger partial charge is 0.352 e.